The number of rotatable bonds is 6. The van der Waals surface area contributed by atoms with Gasteiger partial charge >= 0.3 is 0 Å². The Labute approximate surface area is 111 Å². The fourth-order valence-electron chi connectivity index (χ4n) is 1.78. The Bertz CT molecular complexity index is 383. The first-order valence-electron chi connectivity index (χ1n) is 5.66. The SMILES string of the molecule is CCC(CC)(C(=O)NCc1ccsc1)C(N)=S. The second kappa shape index (κ2) is 6.12. The molecular formula is C12H18N2OS2. The van der Waals surface area contributed by atoms with Crippen molar-refractivity contribution >= 4 is 34.5 Å². The number of hydrogen-bond acceptors (Lipinski definition) is 3. The summed E-state index contributed by atoms with van der Waals surface area (Å²) in [6.07, 6.45) is 1.27. The molecule has 0 saturated heterocycles. The normalized spacial score (nSPS) is 11.2. The molecule has 1 amide bonds. The van der Waals surface area contributed by atoms with Crippen molar-refractivity contribution < 1.29 is 4.79 Å². The summed E-state index contributed by atoms with van der Waals surface area (Å²) in [4.78, 5) is 12.5. The van der Waals surface area contributed by atoms with Crippen molar-refractivity contribution in [2.24, 2.45) is 11.1 Å². The molecule has 0 unspecified atom stereocenters. The van der Waals surface area contributed by atoms with E-state index in [2.05, 4.69) is 5.32 Å². The van der Waals surface area contributed by atoms with Crippen LogP contribution in [0.25, 0.3) is 0 Å². The van der Waals surface area contributed by atoms with E-state index in [0.717, 1.165) is 5.56 Å². The topological polar surface area (TPSA) is 55.1 Å². The number of nitrogens with one attached hydrogen (secondary N) is 1. The van der Waals surface area contributed by atoms with E-state index in [9.17, 15) is 4.79 Å². The highest BCUT2D eigenvalue weighted by Crippen LogP contribution is 2.27. The van der Waals surface area contributed by atoms with E-state index in [1.165, 1.54) is 0 Å². The summed E-state index contributed by atoms with van der Waals surface area (Å²) in [5.41, 5.74) is 6.12. The summed E-state index contributed by atoms with van der Waals surface area (Å²) in [7, 11) is 0. The molecule has 3 nitrogen and oxygen atoms in total. The van der Waals surface area contributed by atoms with Crippen LogP contribution in [0.4, 0.5) is 0 Å². The van der Waals surface area contributed by atoms with E-state index in [0.29, 0.717) is 19.4 Å². The molecule has 1 heterocycles. The summed E-state index contributed by atoms with van der Waals surface area (Å²) < 4.78 is 0. The molecule has 1 rings (SSSR count). The Hall–Kier alpha value is -0.940. The molecule has 1 aromatic heterocycles. The van der Waals surface area contributed by atoms with Gasteiger partial charge in [-0.15, -0.1) is 0 Å². The minimum absolute atomic E-state index is 0.0683. The van der Waals surface area contributed by atoms with Crippen LogP contribution in [-0.4, -0.2) is 10.9 Å². The van der Waals surface area contributed by atoms with Gasteiger partial charge < -0.3 is 11.1 Å². The maximum Gasteiger partial charge on any atom is 0.233 e. The first-order valence-corrected chi connectivity index (χ1v) is 7.01. The zero-order valence-electron chi connectivity index (χ0n) is 10.2. The Morgan fingerprint density at radius 2 is 2.18 bits per heavy atom. The molecule has 0 aliphatic heterocycles. The second-order valence-corrected chi connectivity index (χ2v) is 5.19. The van der Waals surface area contributed by atoms with Gasteiger partial charge in [0.05, 0.1) is 10.4 Å². The molecule has 0 saturated carbocycles. The first-order chi connectivity index (χ1) is 8.06. The van der Waals surface area contributed by atoms with E-state index in [-0.39, 0.29) is 10.9 Å². The van der Waals surface area contributed by atoms with Gasteiger partial charge in [0.25, 0.3) is 0 Å². The van der Waals surface area contributed by atoms with Crippen molar-refractivity contribution in [2.75, 3.05) is 0 Å². The van der Waals surface area contributed by atoms with E-state index in [1.807, 2.05) is 30.7 Å². The lowest BCUT2D eigenvalue weighted by Gasteiger charge is -2.28. The number of thiocarbonyl (C=S) groups is 1. The van der Waals surface area contributed by atoms with Crippen molar-refractivity contribution in [3.05, 3.63) is 22.4 Å². The molecule has 0 radical (unpaired) electrons. The van der Waals surface area contributed by atoms with Crippen molar-refractivity contribution in [2.45, 2.75) is 33.2 Å². The number of nitrogens with two attached hydrogens (primary N) is 1. The van der Waals surface area contributed by atoms with E-state index in [4.69, 9.17) is 18.0 Å². The lowest BCUT2D eigenvalue weighted by Crippen LogP contribution is -2.48. The van der Waals surface area contributed by atoms with E-state index < -0.39 is 5.41 Å². The zero-order valence-corrected chi connectivity index (χ0v) is 11.8. The van der Waals surface area contributed by atoms with Crippen LogP contribution in [0.3, 0.4) is 0 Å². The van der Waals surface area contributed by atoms with Gasteiger partial charge in [0.1, 0.15) is 0 Å². The summed E-state index contributed by atoms with van der Waals surface area (Å²) in [5.74, 6) is -0.0683. The molecule has 0 bridgehead atoms. The van der Waals surface area contributed by atoms with Crippen molar-refractivity contribution in [1.29, 1.82) is 0 Å². The van der Waals surface area contributed by atoms with Crippen molar-refractivity contribution in [3.8, 4) is 0 Å². The van der Waals surface area contributed by atoms with Crippen LogP contribution in [0, 0.1) is 5.41 Å². The smallest absolute Gasteiger partial charge is 0.233 e. The minimum Gasteiger partial charge on any atom is -0.392 e. The summed E-state index contributed by atoms with van der Waals surface area (Å²) in [5, 5.41) is 6.91. The van der Waals surface area contributed by atoms with Gasteiger partial charge in [-0.05, 0) is 35.2 Å². The average molecular weight is 270 g/mol. The molecule has 0 spiro atoms. The highest BCUT2D eigenvalue weighted by atomic mass is 32.1. The molecule has 0 atom stereocenters. The molecule has 0 aromatic carbocycles. The Kier molecular flexibility index (Phi) is 5.08. The summed E-state index contributed by atoms with van der Waals surface area (Å²) >= 11 is 6.65. The Morgan fingerprint density at radius 3 is 2.59 bits per heavy atom. The number of carbonyl (C=O) groups is 1. The lowest BCUT2D eigenvalue weighted by atomic mass is 9.81. The molecule has 0 aliphatic rings. The quantitative estimate of drug-likeness (QED) is 0.781. The van der Waals surface area contributed by atoms with Crippen LogP contribution in [0.2, 0.25) is 0 Å². The fraction of sp³-hybridized carbons (Fsp3) is 0.500. The maximum absolute atomic E-state index is 12.2. The molecular weight excluding hydrogens is 252 g/mol. The Morgan fingerprint density at radius 1 is 1.53 bits per heavy atom. The third-order valence-corrected chi connectivity index (χ3v) is 4.27. The third-order valence-electron chi connectivity index (χ3n) is 3.15. The minimum atomic E-state index is -0.703. The zero-order chi connectivity index (χ0) is 12.9. The largest absolute Gasteiger partial charge is 0.392 e. The van der Waals surface area contributed by atoms with Gasteiger partial charge in [-0.1, -0.05) is 26.1 Å². The predicted octanol–water partition coefficient (Wildman–Crippen LogP) is 2.46. The predicted molar refractivity (Wildman–Crippen MR) is 76.0 cm³/mol. The summed E-state index contributed by atoms with van der Waals surface area (Å²) in [6.45, 7) is 4.41. The monoisotopic (exact) mass is 270 g/mol. The third kappa shape index (κ3) is 3.04. The first kappa shape index (κ1) is 14.1. The number of thiophene rings is 1. The standard InChI is InChI=1S/C12H18N2OS2/c1-3-12(4-2,10(13)16)11(15)14-7-9-5-6-17-8-9/h5-6,8H,3-4,7H2,1-2H3,(H2,13,16)(H,14,15). The molecule has 0 aliphatic carbocycles. The molecule has 0 fully saturated rings. The number of carbonyl (C=O) groups excluding carboxylic acids is 1. The maximum atomic E-state index is 12.2. The fourth-order valence-corrected chi connectivity index (χ4v) is 2.83. The highest BCUT2D eigenvalue weighted by molar-refractivity contribution is 7.80. The van der Waals surface area contributed by atoms with Crippen molar-refractivity contribution in [3.63, 3.8) is 0 Å². The average Bonchev–Trinajstić information content (AvgIpc) is 2.81. The van der Waals surface area contributed by atoms with Gasteiger partial charge in [0.15, 0.2) is 0 Å². The van der Waals surface area contributed by atoms with Gasteiger partial charge in [-0.3, -0.25) is 4.79 Å². The molecule has 1 aromatic rings. The van der Waals surface area contributed by atoms with Gasteiger partial charge in [0.2, 0.25) is 5.91 Å². The van der Waals surface area contributed by atoms with Gasteiger partial charge in [0, 0.05) is 6.54 Å². The van der Waals surface area contributed by atoms with Crippen molar-refractivity contribution in [1.82, 2.24) is 5.32 Å². The van der Waals surface area contributed by atoms with Crippen LogP contribution < -0.4 is 11.1 Å². The van der Waals surface area contributed by atoms with Crippen LogP contribution >= 0.6 is 23.6 Å². The Balaban J connectivity index is 2.69. The molecule has 3 N–H and O–H groups in total. The second-order valence-electron chi connectivity index (χ2n) is 3.97. The number of amides is 1. The summed E-state index contributed by atoms with van der Waals surface area (Å²) in [6, 6.07) is 1.99. The van der Waals surface area contributed by atoms with Gasteiger partial charge in [-0.25, -0.2) is 0 Å². The van der Waals surface area contributed by atoms with Gasteiger partial charge in [-0.2, -0.15) is 11.3 Å². The van der Waals surface area contributed by atoms with Crippen LogP contribution in [0.15, 0.2) is 16.8 Å². The lowest BCUT2D eigenvalue weighted by molar-refractivity contribution is -0.128. The van der Waals surface area contributed by atoms with Crippen LogP contribution in [-0.2, 0) is 11.3 Å². The molecule has 94 valence electrons. The highest BCUT2D eigenvalue weighted by Gasteiger charge is 2.37. The molecule has 5 heteroatoms. The molecule has 17 heavy (non-hydrogen) atoms. The van der Waals surface area contributed by atoms with Crippen LogP contribution in [0.1, 0.15) is 32.3 Å². The van der Waals surface area contributed by atoms with E-state index >= 15 is 0 Å². The number of hydrogen-bond donors (Lipinski definition) is 2. The van der Waals surface area contributed by atoms with E-state index in [1.54, 1.807) is 11.3 Å². The van der Waals surface area contributed by atoms with Crippen LogP contribution in [0.5, 0.6) is 0 Å².